The maximum absolute atomic E-state index is 10.3. The molecule has 1 unspecified atom stereocenters. The molecule has 1 rings (SSSR count). The summed E-state index contributed by atoms with van der Waals surface area (Å²) in [5.74, 6) is -1.05. The molecule has 82 valence electrons. The van der Waals surface area contributed by atoms with Gasteiger partial charge in [0.1, 0.15) is 0 Å². The summed E-state index contributed by atoms with van der Waals surface area (Å²) < 4.78 is 0. The number of aliphatic carboxylic acids is 1. The summed E-state index contributed by atoms with van der Waals surface area (Å²) in [6.07, 6.45) is -0.0105. The molecule has 0 aromatic heterocycles. The maximum atomic E-state index is 10.3. The Bertz CT molecular complexity index is 364. The second kappa shape index (κ2) is 4.68. The Kier molecular flexibility index (Phi) is 3.55. The van der Waals surface area contributed by atoms with Crippen molar-refractivity contribution in [2.24, 2.45) is 0 Å². The zero-order chi connectivity index (χ0) is 11.4. The molecule has 0 bridgehead atoms. The highest BCUT2D eigenvalue weighted by Gasteiger charge is 2.03. The molecule has 1 aromatic carbocycles. The third kappa shape index (κ3) is 3.50. The molecule has 0 saturated carbocycles. The molecule has 0 saturated heterocycles. The first-order valence-electron chi connectivity index (χ1n) is 4.81. The fourth-order valence-corrected chi connectivity index (χ4v) is 1.35. The van der Waals surface area contributed by atoms with E-state index in [-0.39, 0.29) is 12.5 Å². The molecule has 1 atom stereocenters. The van der Waals surface area contributed by atoms with Gasteiger partial charge in [-0.05, 0) is 37.6 Å². The number of carboxylic acids is 1. The Morgan fingerprint density at radius 2 is 2.27 bits per heavy atom. The number of benzene rings is 1. The molecule has 3 N–H and O–H groups in total. The summed E-state index contributed by atoms with van der Waals surface area (Å²) in [7, 11) is 0. The highest BCUT2D eigenvalue weighted by Crippen LogP contribution is 2.17. The second-order valence-electron chi connectivity index (χ2n) is 3.69. The number of rotatable bonds is 4. The van der Waals surface area contributed by atoms with E-state index in [4.69, 9.17) is 5.73 Å². The summed E-state index contributed by atoms with van der Waals surface area (Å²) in [4.78, 5) is 10.3. The van der Waals surface area contributed by atoms with Crippen LogP contribution in [0.3, 0.4) is 0 Å². The summed E-state index contributed by atoms with van der Waals surface area (Å²) >= 11 is 0. The highest BCUT2D eigenvalue weighted by atomic mass is 16.4. The van der Waals surface area contributed by atoms with Gasteiger partial charge >= 0.3 is 0 Å². The van der Waals surface area contributed by atoms with E-state index < -0.39 is 5.97 Å². The summed E-state index contributed by atoms with van der Waals surface area (Å²) in [5.41, 5.74) is 8.24. The first kappa shape index (κ1) is 11.4. The number of aryl methyl sites for hydroxylation is 1. The van der Waals surface area contributed by atoms with Gasteiger partial charge in [0, 0.05) is 29.8 Å². The highest BCUT2D eigenvalue weighted by molar-refractivity contribution is 5.66. The fourth-order valence-electron chi connectivity index (χ4n) is 1.35. The zero-order valence-electron chi connectivity index (χ0n) is 8.91. The normalized spacial score (nSPS) is 12.1. The Hall–Kier alpha value is -1.71. The molecule has 0 spiro atoms. The van der Waals surface area contributed by atoms with E-state index in [1.807, 2.05) is 19.1 Å². The van der Waals surface area contributed by atoms with Gasteiger partial charge in [-0.2, -0.15) is 0 Å². The Balaban J connectivity index is 2.64. The lowest BCUT2D eigenvalue weighted by molar-refractivity contribution is -0.305. The smallest absolute Gasteiger partial charge is 0.0434 e. The summed E-state index contributed by atoms with van der Waals surface area (Å²) in [5, 5.41) is 13.4. The van der Waals surface area contributed by atoms with E-state index in [0.29, 0.717) is 0 Å². The molecule has 15 heavy (non-hydrogen) atoms. The summed E-state index contributed by atoms with van der Waals surface area (Å²) in [6, 6.07) is 5.36. The number of hydrogen-bond donors (Lipinski definition) is 2. The molecule has 1 aromatic rings. The van der Waals surface area contributed by atoms with Crippen LogP contribution in [0.1, 0.15) is 18.9 Å². The first-order valence-corrected chi connectivity index (χ1v) is 4.81. The van der Waals surface area contributed by atoms with Gasteiger partial charge in [0.15, 0.2) is 0 Å². The topological polar surface area (TPSA) is 78.2 Å². The minimum absolute atomic E-state index is 0.0105. The average Bonchev–Trinajstić information content (AvgIpc) is 2.10. The van der Waals surface area contributed by atoms with Crippen molar-refractivity contribution in [2.75, 3.05) is 11.1 Å². The minimum atomic E-state index is -1.05. The van der Waals surface area contributed by atoms with E-state index in [1.165, 1.54) is 0 Å². The van der Waals surface area contributed by atoms with Crippen molar-refractivity contribution < 1.29 is 9.90 Å². The molecule has 0 amide bonds. The SMILES string of the molecule is Cc1cc(NC(C)CC(=O)[O-])ccc1N. The number of nitrogen functional groups attached to an aromatic ring is 1. The van der Waals surface area contributed by atoms with Crippen LogP contribution in [0.5, 0.6) is 0 Å². The predicted octanol–water partition coefficient (Wildman–Crippen LogP) is 0.518. The number of carbonyl (C=O) groups excluding carboxylic acids is 1. The van der Waals surface area contributed by atoms with Crippen molar-refractivity contribution in [3.63, 3.8) is 0 Å². The number of carbonyl (C=O) groups is 1. The van der Waals surface area contributed by atoms with Gasteiger partial charge in [-0.15, -0.1) is 0 Å². The maximum Gasteiger partial charge on any atom is 0.0434 e. The van der Waals surface area contributed by atoms with Crippen molar-refractivity contribution in [1.29, 1.82) is 0 Å². The van der Waals surface area contributed by atoms with Gasteiger partial charge in [0.25, 0.3) is 0 Å². The van der Waals surface area contributed by atoms with E-state index in [2.05, 4.69) is 5.32 Å². The van der Waals surface area contributed by atoms with Crippen LogP contribution in [0.2, 0.25) is 0 Å². The molecular formula is C11H15N2O2-. The first-order chi connectivity index (χ1) is 6.99. The number of nitrogens with one attached hydrogen (secondary N) is 1. The number of anilines is 2. The number of nitrogens with two attached hydrogens (primary N) is 1. The van der Waals surface area contributed by atoms with Gasteiger partial charge in [-0.25, -0.2) is 0 Å². The lowest BCUT2D eigenvalue weighted by Crippen LogP contribution is -2.29. The van der Waals surface area contributed by atoms with Crippen LogP contribution in [0.25, 0.3) is 0 Å². The van der Waals surface area contributed by atoms with E-state index in [1.54, 1.807) is 13.0 Å². The Morgan fingerprint density at radius 3 is 2.80 bits per heavy atom. The molecule has 0 aliphatic rings. The van der Waals surface area contributed by atoms with E-state index in [0.717, 1.165) is 16.9 Å². The van der Waals surface area contributed by atoms with Gasteiger partial charge in [-0.3, -0.25) is 0 Å². The number of hydrogen-bond acceptors (Lipinski definition) is 4. The van der Waals surface area contributed by atoms with Crippen LogP contribution in [0, 0.1) is 6.92 Å². The average molecular weight is 207 g/mol. The number of carboxylic acid groups (broad SMARTS) is 1. The quantitative estimate of drug-likeness (QED) is 0.705. The van der Waals surface area contributed by atoms with Gasteiger partial charge in [-0.1, -0.05) is 0 Å². The van der Waals surface area contributed by atoms with Crippen molar-refractivity contribution >= 4 is 17.3 Å². The predicted molar refractivity (Wildman–Crippen MR) is 58.3 cm³/mol. The van der Waals surface area contributed by atoms with Crippen molar-refractivity contribution in [3.05, 3.63) is 23.8 Å². The van der Waals surface area contributed by atoms with Crippen molar-refractivity contribution in [2.45, 2.75) is 26.3 Å². The molecule has 4 nitrogen and oxygen atoms in total. The van der Waals surface area contributed by atoms with Crippen LogP contribution in [0.15, 0.2) is 18.2 Å². The van der Waals surface area contributed by atoms with Gasteiger partial charge < -0.3 is 21.0 Å². The van der Waals surface area contributed by atoms with Crippen LogP contribution < -0.4 is 16.2 Å². The lowest BCUT2D eigenvalue weighted by Gasteiger charge is -2.16. The van der Waals surface area contributed by atoms with E-state index in [9.17, 15) is 9.90 Å². The Morgan fingerprint density at radius 1 is 1.60 bits per heavy atom. The standard InChI is InChI=1S/C11H16N2O2/c1-7-5-9(3-4-10(7)12)13-8(2)6-11(14)15/h3-5,8,13H,6,12H2,1-2H3,(H,14,15)/p-1. The molecular weight excluding hydrogens is 192 g/mol. The van der Waals surface area contributed by atoms with Crippen molar-refractivity contribution in [1.82, 2.24) is 0 Å². The lowest BCUT2D eigenvalue weighted by atomic mass is 10.1. The van der Waals surface area contributed by atoms with E-state index >= 15 is 0 Å². The monoisotopic (exact) mass is 207 g/mol. The molecule has 0 aliphatic carbocycles. The molecule has 0 radical (unpaired) electrons. The van der Waals surface area contributed by atoms with Crippen LogP contribution in [-0.4, -0.2) is 12.0 Å². The Labute approximate surface area is 89.1 Å². The summed E-state index contributed by atoms with van der Waals surface area (Å²) in [6.45, 7) is 3.70. The van der Waals surface area contributed by atoms with Crippen LogP contribution in [-0.2, 0) is 4.79 Å². The van der Waals surface area contributed by atoms with Crippen LogP contribution >= 0.6 is 0 Å². The van der Waals surface area contributed by atoms with Crippen LogP contribution in [0.4, 0.5) is 11.4 Å². The minimum Gasteiger partial charge on any atom is -0.550 e. The second-order valence-corrected chi connectivity index (χ2v) is 3.69. The zero-order valence-corrected chi connectivity index (χ0v) is 8.91. The van der Waals surface area contributed by atoms with Crippen molar-refractivity contribution in [3.8, 4) is 0 Å². The fraction of sp³-hybridized carbons (Fsp3) is 0.364. The largest absolute Gasteiger partial charge is 0.550 e. The molecule has 0 aliphatic heterocycles. The molecule has 0 heterocycles. The molecule has 0 fully saturated rings. The third-order valence-corrected chi connectivity index (χ3v) is 2.16. The molecule has 4 heteroatoms. The van der Waals surface area contributed by atoms with Gasteiger partial charge in [0.05, 0.1) is 0 Å². The third-order valence-electron chi connectivity index (χ3n) is 2.16. The van der Waals surface area contributed by atoms with Gasteiger partial charge in [0.2, 0.25) is 0 Å².